The molecule has 3 aromatic heterocycles. The first-order chi connectivity index (χ1) is 14.2. The Morgan fingerprint density at radius 3 is 2.73 bits per heavy atom. The zero-order valence-corrected chi connectivity index (χ0v) is 16.5. The summed E-state index contributed by atoms with van der Waals surface area (Å²) in [7, 11) is 0. The maximum absolute atomic E-state index is 13.2. The molecule has 3 N–H and O–H groups in total. The molecule has 1 spiro atoms. The van der Waals surface area contributed by atoms with Gasteiger partial charge < -0.3 is 5.73 Å². The number of aryl methyl sites for hydroxylation is 2. The molecule has 2 aliphatic heterocycles. The van der Waals surface area contributed by atoms with Crippen LogP contribution in [-0.4, -0.2) is 43.0 Å². The normalized spacial score (nSPS) is 21.6. The number of aromatic nitrogens is 5. The van der Waals surface area contributed by atoms with Gasteiger partial charge in [0.1, 0.15) is 5.82 Å². The van der Waals surface area contributed by atoms with Crippen molar-refractivity contribution in [2.45, 2.75) is 44.4 Å². The Hall–Kier alpha value is -2.88. The van der Waals surface area contributed by atoms with Crippen LogP contribution in [0.1, 0.15) is 35.4 Å². The smallest absolute Gasteiger partial charge is 0.383 e. The average Bonchev–Trinajstić information content (AvgIpc) is 3.44. The van der Waals surface area contributed by atoms with Crippen LogP contribution in [0, 0.1) is 6.92 Å². The lowest BCUT2D eigenvalue weighted by Crippen LogP contribution is -2.29. The largest absolute Gasteiger partial charge is 0.419 e. The van der Waals surface area contributed by atoms with Crippen LogP contribution in [0.5, 0.6) is 0 Å². The number of fused-ring (bicyclic) bond motifs is 2. The highest BCUT2D eigenvalue weighted by atomic mass is 19.4. The van der Waals surface area contributed by atoms with Gasteiger partial charge >= 0.3 is 6.18 Å². The molecule has 1 saturated heterocycles. The number of hydrogen-bond acceptors (Lipinski definition) is 5. The van der Waals surface area contributed by atoms with Crippen LogP contribution in [0.4, 0.5) is 19.0 Å². The summed E-state index contributed by atoms with van der Waals surface area (Å²) in [6.45, 7) is 5.47. The minimum Gasteiger partial charge on any atom is -0.383 e. The minimum atomic E-state index is -4.55. The lowest BCUT2D eigenvalue weighted by molar-refractivity contribution is -0.137. The van der Waals surface area contributed by atoms with Crippen molar-refractivity contribution in [2.24, 2.45) is 0 Å². The fraction of sp³-hybridized carbons (Fsp3) is 0.450. The van der Waals surface area contributed by atoms with Gasteiger partial charge in [-0.15, -0.1) is 0 Å². The van der Waals surface area contributed by atoms with E-state index in [1.54, 1.807) is 0 Å². The third kappa shape index (κ3) is 3.06. The van der Waals surface area contributed by atoms with Crippen molar-refractivity contribution in [3.63, 3.8) is 0 Å². The van der Waals surface area contributed by atoms with Crippen LogP contribution in [0.15, 0.2) is 24.5 Å². The van der Waals surface area contributed by atoms with Crippen molar-refractivity contribution < 1.29 is 13.2 Å². The number of likely N-dealkylation sites (tertiary alicyclic amines) is 1. The number of nitrogens with one attached hydrogen (secondary N) is 1. The second kappa shape index (κ2) is 6.56. The Morgan fingerprint density at radius 2 is 2.00 bits per heavy atom. The predicted octanol–water partition coefficient (Wildman–Crippen LogP) is 3.13. The van der Waals surface area contributed by atoms with Crippen LogP contribution < -0.4 is 5.73 Å². The lowest BCUT2D eigenvalue weighted by Gasteiger charge is -2.23. The van der Waals surface area contributed by atoms with E-state index < -0.39 is 17.6 Å². The van der Waals surface area contributed by atoms with Crippen molar-refractivity contribution in [1.29, 1.82) is 0 Å². The van der Waals surface area contributed by atoms with Crippen molar-refractivity contribution in [3.8, 4) is 11.3 Å². The maximum Gasteiger partial charge on any atom is 0.419 e. The first-order valence-electron chi connectivity index (χ1n) is 9.88. The molecule has 158 valence electrons. The molecule has 5 heterocycles. The molecule has 0 amide bonds. The summed E-state index contributed by atoms with van der Waals surface area (Å²) >= 11 is 0. The number of anilines is 1. The molecule has 3 aromatic rings. The van der Waals surface area contributed by atoms with E-state index in [4.69, 9.17) is 5.73 Å². The SMILES string of the molecule is Cc1cn[nH]c1CN1CCC2(CCn3nc(-c4cnc(N)c(C(F)(F)F)c4)cc32)C1. The van der Waals surface area contributed by atoms with Crippen molar-refractivity contribution in [3.05, 3.63) is 47.0 Å². The molecule has 1 atom stereocenters. The number of halogens is 3. The molecule has 0 aliphatic carbocycles. The predicted molar refractivity (Wildman–Crippen MR) is 104 cm³/mol. The molecule has 7 nitrogen and oxygen atoms in total. The first-order valence-corrected chi connectivity index (χ1v) is 9.88. The number of nitrogens with two attached hydrogens (primary N) is 1. The summed E-state index contributed by atoms with van der Waals surface area (Å²) in [6.07, 6.45) is 0.625. The summed E-state index contributed by atoms with van der Waals surface area (Å²) in [6, 6.07) is 2.96. The van der Waals surface area contributed by atoms with Gasteiger partial charge in [0, 0.05) is 42.5 Å². The summed E-state index contributed by atoms with van der Waals surface area (Å²) in [4.78, 5) is 6.14. The number of nitrogen functional groups attached to an aromatic ring is 1. The van der Waals surface area contributed by atoms with E-state index in [0.29, 0.717) is 11.3 Å². The number of rotatable bonds is 3. The van der Waals surface area contributed by atoms with Crippen LogP contribution in [-0.2, 0) is 24.7 Å². The lowest BCUT2D eigenvalue weighted by atomic mass is 9.82. The average molecular weight is 417 g/mol. The zero-order valence-electron chi connectivity index (χ0n) is 16.5. The Kier molecular flexibility index (Phi) is 4.18. The van der Waals surface area contributed by atoms with Gasteiger partial charge in [-0.05, 0) is 44.0 Å². The quantitative estimate of drug-likeness (QED) is 0.684. The molecular formula is C20H22F3N7. The molecule has 0 radical (unpaired) electrons. The molecule has 0 aromatic carbocycles. The third-order valence-corrected chi connectivity index (χ3v) is 6.39. The van der Waals surface area contributed by atoms with E-state index in [0.717, 1.165) is 62.0 Å². The second-order valence-electron chi connectivity index (χ2n) is 8.32. The molecule has 1 fully saturated rings. The highest BCUT2D eigenvalue weighted by Gasteiger charge is 2.45. The molecule has 10 heteroatoms. The van der Waals surface area contributed by atoms with Gasteiger partial charge in [0.05, 0.1) is 23.1 Å². The van der Waals surface area contributed by atoms with E-state index in [9.17, 15) is 13.2 Å². The van der Waals surface area contributed by atoms with Gasteiger partial charge in [0.2, 0.25) is 0 Å². The number of nitrogens with zero attached hydrogens (tertiary/aromatic N) is 5. The van der Waals surface area contributed by atoms with Crippen molar-refractivity contribution in [2.75, 3.05) is 18.8 Å². The monoisotopic (exact) mass is 417 g/mol. The van der Waals surface area contributed by atoms with Gasteiger partial charge in [0.25, 0.3) is 0 Å². The van der Waals surface area contributed by atoms with E-state index >= 15 is 0 Å². The Balaban J connectivity index is 1.42. The number of aromatic amines is 1. The Bertz CT molecular complexity index is 1100. The zero-order chi connectivity index (χ0) is 21.1. The van der Waals surface area contributed by atoms with Gasteiger partial charge in [-0.3, -0.25) is 14.7 Å². The Labute approximate surface area is 171 Å². The highest BCUT2D eigenvalue weighted by Crippen LogP contribution is 2.44. The molecular weight excluding hydrogens is 395 g/mol. The number of hydrogen-bond donors (Lipinski definition) is 2. The molecule has 30 heavy (non-hydrogen) atoms. The van der Waals surface area contributed by atoms with Gasteiger partial charge in [-0.1, -0.05) is 0 Å². The number of alkyl halides is 3. The van der Waals surface area contributed by atoms with Crippen LogP contribution in [0.3, 0.4) is 0 Å². The Morgan fingerprint density at radius 1 is 1.20 bits per heavy atom. The number of pyridine rings is 1. The van der Waals surface area contributed by atoms with E-state index in [2.05, 4.69) is 25.2 Å². The first kappa shape index (κ1) is 19.1. The summed E-state index contributed by atoms with van der Waals surface area (Å²) < 4.78 is 41.6. The van der Waals surface area contributed by atoms with Crippen LogP contribution in [0.25, 0.3) is 11.3 Å². The molecule has 1 unspecified atom stereocenters. The van der Waals surface area contributed by atoms with E-state index in [1.807, 2.05) is 23.9 Å². The molecule has 0 saturated carbocycles. The maximum atomic E-state index is 13.2. The fourth-order valence-corrected chi connectivity index (χ4v) is 4.71. The molecule has 2 aliphatic rings. The van der Waals surface area contributed by atoms with Gasteiger partial charge in [0.15, 0.2) is 0 Å². The van der Waals surface area contributed by atoms with Crippen molar-refractivity contribution in [1.82, 2.24) is 29.9 Å². The number of H-pyrrole nitrogens is 1. The van der Waals surface area contributed by atoms with Gasteiger partial charge in [-0.25, -0.2) is 4.98 Å². The minimum absolute atomic E-state index is 0.0206. The molecule has 5 rings (SSSR count). The van der Waals surface area contributed by atoms with Crippen molar-refractivity contribution >= 4 is 5.82 Å². The van der Waals surface area contributed by atoms with Gasteiger partial charge in [-0.2, -0.15) is 23.4 Å². The third-order valence-electron chi connectivity index (χ3n) is 6.39. The van der Waals surface area contributed by atoms with E-state index in [1.165, 1.54) is 6.20 Å². The summed E-state index contributed by atoms with van der Waals surface area (Å²) in [5.41, 5.74) is 8.67. The summed E-state index contributed by atoms with van der Waals surface area (Å²) in [5, 5.41) is 11.7. The van der Waals surface area contributed by atoms with Crippen LogP contribution in [0.2, 0.25) is 0 Å². The van der Waals surface area contributed by atoms with Crippen LogP contribution >= 0.6 is 0 Å². The second-order valence-corrected chi connectivity index (χ2v) is 8.32. The topological polar surface area (TPSA) is 88.7 Å². The van der Waals surface area contributed by atoms with E-state index in [-0.39, 0.29) is 5.41 Å². The highest BCUT2D eigenvalue weighted by molar-refractivity contribution is 5.63. The fourth-order valence-electron chi connectivity index (χ4n) is 4.71. The summed E-state index contributed by atoms with van der Waals surface area (Å²) in [5.74, 6) is -0.519. The standard InChI is InChI=1S/C20H22F3N7/c1-12-8-26-27-16(12)10-29-4-2-19(11-29)3-5-30-17(19)7-15(28-30)13-6-14(20(21,22)23)18(24)25-9-13/h6-9H,2-5,10-11H2,1H3,(H2,24,25)(H,26,27). The molecule has 0 bridgehead atoms.